The Morgan fingerprint density at radius 1 is 0.321 bits per heavy atom. The molecule has 0 fully saturated rings. The lowest BCUT2D eigenvalue weighted by atomic mass is 9.67. The molecule has 9 rings (SSSR count). The zero-order valence-corrected chi connectivity index (χ0v) is 30.6. The second-order valence-corrected chi connectivity index (χ2v) is 13.9. The number of aryl methyl sites for hydroxylation is 3. The summed E-state index contributed by atoms with van der Waals surface area (Å²) in [5, 5.41) is 0. The molecule has 256 valence electrons. The number of nitrogens with zero attached hydrogens (tertiary/aromatic N) is 1. The Labute approximate surface area is 314 Å². The minimum atomic E-state index is -0.447. The minimum Gasteiger partial charge on any atom is -0.310 e. The van der Waals surface area contributed by atoms with Crippen LogP contribution in [0.3, 0.4) is 0 Å². The third-order valence-corrected chi connectivity index (χ3v) is 10.6. The molecule has 1 heteroatoms. The summed E-state index contributed by atoms with van der Waals surface area (Å²) >= 11 is 0. The second kappa shape index (κ2) is 14.7. The molecule has 0 amide bonds. The van der Waals surface area contributed by atoms with Crippen LogP contribution in [-0.4, -0.2) is 0 Å². The first-order valence-electron chi connectivity index (χ1n) is 18.4. The third-order valence-electron chi connectivity index (χ3n) is 10.6. The lowest BCUT2D eigenvalue weighted by Gasteiger charge is -2.35. The number of para-hydroxylation sites is 1. The number of fused-ring (bicyclic) bond motifs is 3. The fraction of sp³-hybridized carbons (Fsp3) is 0.0769. The van der Waals surface area contributed by atoms with Gasteiger partial charge in [0.05, 0.1) is 5.41 Å². The van der Waals surface area contributed by atoms with E-state index in [4.69, 9.17) is 0 Å². The lowest BCUT2D eigenvalue weighted by Crippen LogP contribution is -2.28. The first-order chi connectivity index (χ1) is 26.1. The average Bonchev–Trinajstić information content (AvgIpc) is 3.51. The van der Waals surface area contributed by atoms with E-state index in [1.165, 1.54) is 61.2 Å². The fourth-order valence-electron chi connectivity index (χ4n) is 8.09. The Bertz CT molecular complexity index is 2430. The summed E-state index contributed by atoms with van der Waals surface area (Å²) in [5.41, 5.74) is 17.1. The topological polar surface area (TPSA) is 3.24 Å². The molecule has 0 saturated carbocycles. The van der Waals surface area contributed by atoms with E-state index >= 15 is 0 Å². The summed E-state index contributed by atoms with van der Waals surface area (Å²) in [7, 11) is 0. The predicted octanol–water partition coefficient (Wildman–Crippen LogP) is 13.8. The summed E-state index contributed by atoms with van der Waals surface area (Å²) in [6.07, 6.45) is 0. The van der Waals surface area contributed by atoms with Gasteiger partial charge < -0.3 is 4.90 Å². The molecule has 0 bridgehead atoms. The number of rotatable bonds is 6. The molecular weight excluding hydrogens is 639 g/mol. The normalized spacial score (nSPS) is 12.2. The molecule has 8 aromatic carbocycles. The van der Waals surface area contributed by atoms with Gasteiger partial charge in [-0.2, -0.15) is 0 Å². The van der Waals surface area contributed by atoms with Crippen molar-refractivity contribution in [2.75, 3.05) is 4.90 Å². The van der Waals surface area contributed by atoms with Gasteiger partial charge in [0.1, 0.15) is 0 Å². The van der Waals surface area contributed by atoms with Crippen LogP contribution in [0.5, 0.6) is 0 Å². The maximum absolute atomic E-state index is 2.44. The summed E-state index contributed by atoms with van der Waals surface area (Å²) in [6.45, 7) is 6.50. The van der Waals surface area contributed by atoms with E-state index in [0.29, 0.717) is 0 Å². The number of benzene rings is 8. The summed E-state index contributed by atoms with van der Waals surface area (Å²) < 4.78 is 0. The molecule has 0 saturated heterocycles. The van der Waals surface area contributed by atoms with E-state index in [1.54, 1.807) is 0 Å². The van der Waals surface area contributed by atoms with Gasteiger partial charge in [-0.15, -0.1) is 0 Å². The monoisotopic (exact) mass is 681 g/mol. The van der Waals surface area contributed by atoms with Gasteiger partial charge in [0, 0.05) is 17.1 Å². The van der Waals surface area contributed by atoms with Crippen LogP contribution < -0.4 is 4.90 Å². The summed E-state index contributed by atoms with van der Waals surface area (Å²) in [5.74, 6) is 0. The molecule has 0 radical (unpaired) electrons. The van der Waals surface area contributed by atoms with Gasteiger partial charge in [-0.1, -0.05) is 175 Å². The highest BCUT2D eigenvalue weighted by Crippen LogP contribution is 2.57. The number of hydrogen-bond acceptors (Lipinski definition) is 1. The molecule has 1 aliphatic rings. The van der Waals surface area contributed by atoms with Crippen LogP contribution in [0.25, 0.3) is 22.3 Å². The van der Waals surface area contributed by atoms with Crippen LogP contribution >= 0.6 is 0 Å². The minimum absolute atomic E-state index is 0.447. The van der Waals surface area contributed by atoms with Gasteiger partial charge in [-0.3, -0.25) is 0 Å². The van der Waals surface area contributed by atoms with Crippen molar-refractivity contribution >= 4 is 17.1 Å². The molecule has 0 spiro atoms. The van der Waals surface area contributed by atoms with E-state index in [1.807, 2.05) is 18.2 Å². The molecule has 53 heavy (non-hydrogen) atoms. The molecule has 1 aliphatic carbocycles. The molecule has 0 aromatic heterocycles. The summed E-state index contributed by atoms with van der Waals surface area (Å²) in [4.78, 5) is 2.40. The second-order valence-electron chi connectivity index (χ2n) is 13.9. The SMILES string of the molecule is Cc1ccccc1.Cc1ccccc1-c1ccc(N(c2ccccc2)c2ccc3c(c2)C(c2ccccc2)(c2ccccc2)c2ccccc2-3)cc1C. The van der Waals surface area contributed by atoms with Crippen molar-refractivity contribution in [1.29, 1.82) is 0 Å². The maximum atomic E-state index is 2.44. The number of hydrogen-bond donors (Lipinski definition) is 0. The molecule has 0 heterocycles. The molecule has 8 aromatic rings. The van der Waals surface area contributed by atoms with Crippen molar-refractivity contribution in [2.24, 2.45) is 0 Å². The highest BCUT2D eigenvalue weighted by atomic mass is 15.1. The van der Waals surface area contributed by atoms with Crippen LogP contribution in [0, 0.1) is 20.8 Å². The maximum Gasteiger partial charge on any atom is 0.0714 e. The van der Waals surface area contributed by atoms with Gasteiger partial charge in [0.15, 0.2) is 0 Å². The smallest absolute Gasteiger partial charge is 0.0714 e. The zero-order valence-electron chi connectivity index (χ0n) is 30.6. The lowest BCUT2D eigenvalue weighted by molar-refractivity contribution is 0.768. The fourth-order valence-corrected chi connectivity index (χ4v) is 8.09. The van der Waals surface area contributed by atoms with Gasteiger partial charge in [-0.05, 0) is 113 Å². The molecule has 0 atom stereocenters. The molecular formula is C52H43N. The van der Waals surface area contributed by atoms with Gasteiger partial charge in [-0.25, -0.2) is 0 Å². The van der Waals surface area contributed by atoms with Crippen molar-refractivity contribution < 1.29 is 0 Å². The first kappa shape index (κ1) is 33.7. The van der Waals surface area contributed by atoms with Crippen LogP contribution in [0.1, 0.15) is 38.9 Å². The quantitative estimate of drug-likeness (QED) is 0.169. The van der Waals surface area contributed by atoms with Crippen molar-refractivity contribution in [3.8, 4) is 22.3 Å². The molecule has 0 aliphatic heterocycles. The first-order valence-corrected chi connectivity index (χ1v) is 18.4. The van der Waals surface area contributed by atoms with Gasteiger partial charge >= 0.3 is 0 Å². The van der Waals surface area contributed by atoms with Gasteiger partial charge in [0.2, 0.25) is 0 Å². The van der Waals surface area contributed by atoms with Gasteiger partial charge in [0.25, 0.3) is 0 Å². The Morgan fingerprint density at radius 2 is 0.774 bits per heavy atom. The van der Waals surface area contributed by atoms with E-state index in [9.17, 15) is 0 Å². The van der Waals surface area contributed by atoms with E-state index in [2.05, 4.69) is 214 Å². The zero-order chi connectivity index (χ0) is 36.2. The van der Waals surface area contributed by atoms with Crippen molar-refractivity contribution in [1.82, 2.24) is 0 Å². The Kier molecular flexibility index (Phi) is 9.32. The van der Waals surface area contributed by atoms with Crippen molar-refractivity contribution in [2.45, 2.75) is 26.2 Å². The highest BCUT2D eigenvalue weighted by molar-refractivity contribution is 5.90. The Balaban J connectivity index is 0.000000515. The van der Waals surface area contributed by atoms with Crippen molar-refractivity contribution in [3.63, 3.8) is 0 Å². The third kappa shape index (κ3) is 6.26. The largest absolute Gasteiger partial charge is 0.310 e. The highest BCUT2D eigenvalue weighted by Gasteiger charge is 2.46. The number of anilines is 3. The van der Waals surface area contributed by atoms with E-state index < -0.39 is 5.41 Å². The molecule has 0 N–H and O–H groups in total. The van der Waals surface area contributed by atoms with Crippen LogP contribution in [-0.2, 0) is 5.41 Å². The van der Waals surface area contributed by atoms with Crippen LogP contribution in [0.15, 0.2) is 206 Å². The molecule has 0 unspecified atom stereocenters. The van der Waals surface area contributed by atoms with E-state index in [0.717, 1.165) is 17.1 Å². The van der Waals surface area contributed by atoms with Crippen molar-refractivity contribution in [3.05, 3.63) is 245 Å². The predicted molar refractivity (Wildman–Crippen MR) is 225 cm³/mol. The van der Waals surface area contributed by atoms with Crippen LogP contribution in [0.2, 0.25) is 0 Å². The summed E-state index contributed by atoms with van der Waals surface area (Å²) in [6, 6.07) is 74.6. The Hall–Kier alpha value is -6.44. The average molecular weight is 682 g/mol. The molecule has 1 nitrogen and oxygen atoms in total. The standard InChI is InChI=1S/C45H35N.C7H8/c1-32-16-12-13-23-39(32)40-28-26-37(30-33(40)2)46(36-21-10-5-11-22-36)38-27-29-42-41-24-14-15-25-43(41)45(44(42)31-38,34-17-6-3-7-18-34)35-19-8-4-9-20-35;1-7-5-3-2-4-6-7/h3-31H,1-2H3;2-6H,1H3. The van der Waals surface area contributed by atoms with Crippen LogP contribution in [0.4, 0.5) is 17.1 Å². The Morgan fingerprint density at radius 3 is 1.34 bits per heavy atom. The van der Waals surface area contributed by atoms with E-state index in [-0.39, 0.29) is 0 Å².